The molecule has 0 aliphatic heterocycles. The maximum atomic E-state index is 13.9. The van der Waals surface area contributed by atoms with Gasteiger partial charge in [-0.05, 0) is 49.6 Å². The number of nitro groups is 1. The molecule has 0 radical (unpaired) electrons. The van der Waals surface area contributed by atoms with Gasteiger partial charge < -0.3 is 4.74 Å². The van der Waals surface area contributed by atoms with E-state index in [-0.39, 0.29) is 23.1 Å². The molecule has 0 aromatic heterocycles. The zero-order chi connectivity index (χ0) is 15.6. The number of benzene rings is 2. The summed E-state index contributed by atoms with van der Waals surface area (Å²) in [5, 5.41) is 10.8. The summed E-state index contributed by atoms with van der Waals surface area (Å²) in [6.07, 6.45) is 0. The number of alkyl halides is 1. The van der Waals surface area contributed by atoms with Crippen LogP contribution in [0, 0.1) is 15.9 Å². The molecule has 110 valence electrons. The van der Waals surface area contributed by atoms with Gasteiger partial charge in [-0.3, -0.25) is 10.1 Å². The van der Waals surface area contributed by atoms with Gasteiger partial charge >= 0.3 is 0 Å². The first-order chi connectivity index (χ1) is 9.92. The highest BCUT2D eigenvalue weighted by molar-refractivity contribution is 9.11. The van der Waals surface area contributed by atoms with Crippen LogP contribution in [-0.4, -0.2) is 4.92 Å². The molecule has 4 nitrogen and oxygen atoms in total. The number of halogens is 4. The van der Waals surface area contributed by atoms with Crippen molar-refractivity contribution >= 4 is 49.1 Å². The molecule has 0 spiro atoms. The Hall–Kier alpha value is -1.18. The molecule has 2 rings (SSSR count). The molecule has 0 aliphatic rings. The quantitative estimate of drug-likeness (QED) is 0.344. The Labute approximate surface area is 141 Å². The van der Waals surface area contributed by atoms with E-state index in [4.69, 9.17) is 16.3 Å². The summed E-state index contributed by atoms with van der Waals surface area (Å²) in [5.41, 5.74) is 0.516. The molecule has 21 heavy (non-hydrogen) atoms. The van der Waals surface area contributed by atoms with Crippen molar-refractivity contribution in [3.8, 4) is 11.5 Å². The highest BCUT2D eigenvalue weighted by Crippen LogP contribution is 2.40. The van der Waals surface area contributed by atoms with E-state index in [0.29, 0.717) is 14.5 Å². The number of non-ortho nitro benzene ring substituents is 1. The second-order valence-electron chi connectivity index (χ2n) is 4.00. The van der Waals surface area contributed by atoms with E-state index in [0.717, 1.165) is 0 Å². The summed E-state index contributed by atoms with van der Waals surface area (Å²) in [7, 11) is 0. The Balaban J connectivity index is 2.38. The van der Waals surface area contributed by atoms with Crippen LogP contribution in [0.1, 0.15) is 5.56 Å². The van der Waals surface area contributed by atoms with Crippen molar-refractivity contribution in [1.82, 2.24) is 0 Å². The molecule has 0 saturated heterocycles. The zero-order valence-corrected chi connectivity index (χ0v) is 14.2. The fourth-order valence-electron chi connectivity index (χ4n) is 1.57. The Bertz CT molecular complexity index is 689. The van der Waals surface area contributed by atoms with Gasteiger partial charge in [0.25, 0.3) is 5.69 Å². The summed E-state index contributed by atoms with van der Waals surface area (Å²) in [6, 6.07) is 6.93. The van der Waals surface area contributed by atoms with Crippen molar-refractivity contribution in [2.45, 2.75) is 5.88 Å². The van der Waals surface area contributed by atoms with E-state index in [1.54, 1.807) is 6.07 Å². The monoisotopic (exact) mass is 437 g/mol. The van der Waals surface area contributed by atoms with Crippen molar-refractivity contribution in [2.24, 2.45) is 0 Å². The van der Waals surface area contributed by atoms with E-state index in [9.17, 15) is 14.5 Å². The van der Waals surface area contributed by atoms with Crippen LogP contribution in [0.25, 0.3) is 0 Å². The molecule has 0 N–H and O–H groups in total. The van der Waals surface area contributed by atoms with Crippen LogP contribution in [0.5, 0.6) is 11.5 Å². The lowest BCUT2D eigenvalue weighted by atomic mass is 10.2. The van der Waals surface area contributed by atoms with E-state index in [2.05, 4.69) is 31.9 Å². The minimum atomic E-state index is -0.565. The van der Waals surface area contributed by atoms with Crippen molar-refractivity contribution in [3.63, 3.8) is 0 Å². The predicted octanol–water partition coefficient (Wildman–Crippen LogP) is 5.79. The molecule has 0 heterocycles. The van der Waals surface area contributed by atoms with E-state index >= 15 is 0 Å². The minimum absolute atomic E-state index is 0.000815. The number of hydrogen-bond donors (Lipinski definition) is 0. The Kier molecular flexibility index (Phi) is 5.18. The summed E-state index contributed by atoms with van der Waals surface area (Å²) in [4.78, 5) is 10.2. The molecule has 8 heteroatoms. The lowest BCUT2D eigenvalue weighted by molar-refractivity contribution is -0.385. The largest absolute Gasteiger partial charge is 0.452 e. The Morgan fingerprint density at radius 1 is 1.24 bits per heavy atom. The first-order valence-corrected chi connectivity index (χ1v) is 7.70. The number of nitrogens with zero attached hydrogens (tertiary/aromatic N) is 1. The fourth-order valence-corrected chi connectivity index (χ4v) is 3.06. The fraction of sp³-hybridized carbons (Fsp3) is 0.0769. The molecule has 0 unspecified atom stereocenters. The van der Waals surface area contributed by atoms with Crippen LogP contribution in [0.2, 0.25) is 0 Å². The lowest BCUT2D eigenvalue weighted by Crippen LogP contribution is -1.94. The number of rotatable bonds is 4. The Morgan fingerprint density at radius 2 is 1.86 bits per heavy atom. The summed E-state index contributed by atoms with van der Waals surface area (Å²) in [6.45, 7) is 0. The van der Waals surface area contributed by atoms with Crippen LogP contribution >= 0.6 is 43.5 Å². The molecular weight excluding hydrogens is 432 g/mol. The third-order valence-corrected chi connectivity index (χ3v) is 4.04. The molecule has 2 aromatic rings. The van der Waals surface area contributed by atoms with Crippen LogP contribution in [0.15, 0.2) is 39.3 Å². The maximum Gasteiger partial charge on any atom is 0.271 e. The van der Waals surface area contributed by atoms with E-state index in [1.807, 2.05) is 0 Å². The van der Waals surface area contributed by atoms with Gasteiger partial charge in [0.05, 0.1) is 13.9 Å². The summed E-state index contributed by atoms with van der Waals surface area (Å²) < 4.78 is 20.0. The molecular formula is C13H7Br2ClFNO3. The van der Waals surface area contributed by atoms with Gasteiger partial charge in [0.1, 0.15) is 0 Å². The topological polar surface area (TPSA) is 52.4 Å². The van der Waals surface area contributed by atoms with Crippen LogP contribution in [0.4, 0.5) is 10.1 Å². The summed E-state index contributed by atoms with van der Waals surface area (Å²) in [5.74, 6) is -0.121. The smallest absolute Gasteiger partial charge is 0.271 e. The standard InChI is InChI=1S/C13H7Br2ClFNO3/c14-9-4-8(18(19)20)5-10(15)13(9)21-12-2-1-7(6-16)3-11(12)17/h1-5H,6H2. The molecule has 0 saturated carbocycles. The van der Waals surface area contributed by atoms with Gasteiger partial charge in [0, 0.05) is 18.0 Å². The molecule has 0 bridgehead atoms. The van der Waals surface area contributed by atoms with Crippen LogP contribution in [-0.2, 0) is 5.88 Å². The van der Waals surface area contributed by atoms with Gasteiger partial charge in [0.15, 0.2) is 17.3 Å². The average molecular weight is 439 g/mol. The van der Waals surface area contributed by atoms with Crippen molar-refractivity contribution in [3.05, 3.63) is 60.8 Å². The summed E-state index contributed by atoms with van der Waals surface area (Å²) >= 11 is 12.0. The number of nitro benzene ring substituents is 1. The van der Waals surface area contributed by atoms with E-state index in [1.165, 1.54) is 24.3 Å². The van der Waals surface area contributed by atoms with Gasteiger partial charge in [-0.2, -0.15) is 0 Å². The maximum absolute atomic E-state index is 13.9. The second kappa shape index (κ2) is 6.72. The molecule has 2 aromatic carbocycles. The average Bonchev–Trinajstić information content (AvgIpc) is 2.43. The molecule has 0 atom stereocenters. The first-order valence-electron chi connectivity index (χ1n) is 5.58. The number of ether oxygens (including phenoxy) is 1. The minimum Gasteiger partial charge on any atom is -0.452 e. The van der Waals surface area contributed by atoms with Gasteiger partial charge in [-0.15, -0.1) is 11.6 Å². The van der Waals surface area contributed by atoms with Gasteiger partial charge in [-0.25, -0.2) is 4.39 Å². The molecule has 0 aliphatic carbocycles. The van der Waals surface area contributed by atoms with Crippen LogP contribution < -0.4 is 4.74 Å². The molecule has 0 amide bonds. The van der Waals surface area contributed by atoms with Gasteiger partial charge in [-0.1, -0.05) is 6.07 Å². The zero-order valence-electron chi connectivity index (χ0n) is 10.3. The van der Waals surface area contributed by atoms with E-state index < -0.39 is 10.7 Å². The second-order valence-corrected chi connectivity index (χ2v) is 5.97. The predicted molar refractivity (Wildman–Crippen MR) is 84.5 cm³/mol. The van der Waals surface area contributed by atoms with Crippen molar-refractivity contribution in [1.29, 1.82) is 0 Å². The Morgan fingerprint density at radius 3 is 2.33 bits per heavy atom. The normalized spacial score (nSPS) is 10.5. The molecule has 0 fully saturated rings. The van der Waals surface area contributed by atoms with Crippen molar-refractivity contribution < 1.29 is 14.1 Å². The third kappa shape index (κ3) is 3.72. The van der Waals surface area contributed by atoms with Gasteiger partial charge in [0.2, 0.25) is 0 Å². The highest BCUT2D eigenvalue weighted by atomic mass is 79.9. The third-order valence-electron chi connectivity index (χ3n) is 2.56. The first kappa shape index (κ1) is 16.2. The number of hydrogen-bond acceptors (Lipinski definition) is 3. The SMILES string of the molecule is O=[N+]([O-])c1cc(Br)c(Oc2ccc(CCl)cc2F)c(Br)c1. The highest BCUT2D eigenvalue weighted by Gasteiger charge is 2.17. The lowest BCUT2D eigenvalue weighted by Gasteiger charge is -2.11. The van der Waals surface area contributed by atoms with Crippen LogP contribution in [0.3, 0.4) is 0 Å². The van der Waals surface area contributed by atoms with Crippen molar-refractivity contribution in [2.75, 3.05) is 0 Å².